The smallest absolute Gasteiger partial charge is 0.136 e. The predicted octanol–water partition coefficient (Wildman–Crippen LogP) is 15.6. The van der Waals surface area contributed by atoms with E-state index in [1.807, 2.05) is 11.3 Å². The van der Waals surface area contributed by atoms with Gasteiger partial charge in [0.05, 0.1) is 0 Å². The maximum Gasteiger partial charge on any atom is 0.136 e. The van der Waals surface area contributed by atoms with Gasteiger partial charge in [-0.2, -0.15) is 0 Å². The maximum atomic E-state index is 6.31. The van der Waals surface area contributed by atoms with Crippen molar-refractivity contribution in [3.05, 3.63) is 182 Å². The first kappa shape index (κ1) is 29.8. The number of hydrogen-bond donors (Lipinski definition) is 0. The van der Waals surface area contributed by atoms with Gasteiger partial charge in [0.25, 0.3) is 0 Å². The average Bonchev–Trinajstić information content (AvgIpc) is 3.80. The van der Waals surface area contributed by atoms with Crippen molar-refractivity contribution in [1.82, 2.24) is 0 Å². The molecule has 2 aromatic heterocycles. The molecular formula is C52H30OS. The van der Waals surface area contributed by atoms with E-state index in [4.69, 9.17) is 4.42 Å². The van der Waals surface area contributed by atoms with E-state index < -0.39 is 0 Å². The van der Waals surface area contributed by atoms with Crippen LogP contribution in [0.15, 0.2) is 186 Å². The van der Waals surface area contributed by atoms with Gasteiger partial charge in [-0.1, -0.05) is 152 Å². The molecule has 2 heterocycles. The molecular weight excluding hydrogens is 673 g/mol. The summed E-state index contributed by atoms with van der Waals surface area (Å²) in [5, 5.41) is 15.0. The SMILES string of the molecule is c1ccc2c(-c3c4ccccc4c(-c4ccc5c(c4)sc4cc(-c6ccc7oc8ccc9ccccc9c8c7c6)ccc45)c4ccccc34)cccc2c1. The van der Waals surface area contributed by atoms with Crippen molar-refractivity contribution in [3.8, 4) is 33.4 Å². The lowest BCUT2D eigenvalue weighted by Crippen LogP contribution is -1.91. The van der Waals surface area contributed by atoms with Crippen molar-refractivity contribution in [2.75, 3.05) is 0 Å². The Labute approximate surface area is 314 Å². The van der Waals surface area contributed by atoms with Crippen LogP contribution in [-0.2, 0) is 0 Å². The normalized spacial score (nSPS) is 12.1. The second kappa shape index (κ2) is 11.4. The maximum absolute atomic E-state index is 6.31. The molecule has 0 amide bonds. The lowest BCUT2D eigenvalue weighted by molar-refractivity contribution is 0.669. The molecule has 0 saturated heterocycles. The standard InChI is InChI=1S/C52H30OS/c1-3-13-36-31(10-1)12-9-19-40(36)51-43-17-7-5-15-41(43)50(42-16-6-8-18-44(42)51)35-21-25-39-38-24-20-34(29-48(38)54-49(39)30-35)33-23-26-46-45(28-33)52-37-14-4-2-11-32(37)22-27-47(52)53-46/h1-30H. The monoisotopic (exact) mass is 702 g/mol. The molecule has 0 unspecified atom stereocenters. The first-order valence-electron chi connectivity index (χ1n) is 18.5. The van der Waals surface area contributed by atoms with Crippen LogP contribution in [0.2, 0.25) is 0 Å². The minimum absolute atomic E-state index is 0.922. The molecule has 0 saturated carbocycles. The van der Waals surface area contributed by atoms with Crippen LogP contribution >= 0.6 is 11.3 Å². The Morgan fingerprint density at radius 3 is 1.56 bits per heavy atom. The van der Waals surface area contributed by atoms with E-state index >= 15 is 0 Å². The molecule has 0 aliphatic rings. The minimum atomic E-state index is 0.922. The minimum Gasteiger partial charge on any atom is -0.456 e. The van der Waals surface area contributed by atoms with E-state index in [0.717, 1.165) is 16.6 Å². The molecule has 12 aromatic rings. The van der Waals surface area contributed by atoms with Crippen LogP contribution in [0.5, 0.6) is 0 Å². The highest BCUT2D eigenvalue weighted by Gasteiger charge is 2.19. The Balaban J connectivity index is 1.03. The Hall–Kier alpha value is -6.74. The molecule has 2 heteroatoms. The zero-order chi connectivity index (χ0) is 35.3. The number of furan rings is 1. The van der Waals surface area contributed by atoms with Crippen molar-refractivity contribution in [3.63, 3.8) is 0 Å². The summed E-state index contributed by atoms with van der Waals surface area (Å²) in [5.41, 5.74) is 9.37. The Morgan fingerprint density at radius 1 is 0.315 bits per heavy atom. The van der Waals surface area contributed by atoms with Crippen LogP contribution < -0.4 is 0 Å². The molecule has 0 fully saturated rings. The van der Waals surface area contributed by atoms with Crippen molar-refractivity contribution in [2.45, 2.75) is 0 Å². The van der Waals surface area contributed by atoms with Gasteiger partial charge in [-0.15, -0.1) is 11.3 Å². The highest BCUT2D eigenvalue weighted by molar-refractivity contribution is 7.25. The van der Waals surface area contributed by atoms with E-state index in [2.05, 4.69) is 182 Å². The summed E-state index contributed by atoms with van der Waals surface area (Å²) in [5.74, 6) is 0. The summed E-state index contributed by atoms with van der Waals surface area (Å²) >= 11 is 1.88. The molecule has 0 aliphatic carbocycles. The second-order valence-electron chi connectivity index (χ2n) is 14.4. The fourth-order valence-corrected chi connectivity index (χ4v) is 10.2. The largest absolute Gasteiger partial charge is 0.456 e. The number of hydrogen-bond acceptors (Lipinski definition) is 2. The molecule has 0 radical (unpaired) electrons. The average molecular weight is 703 g/mol. The lowest BCUT2D eigenvalue weighted by atomic mass is 9.84. The van der Waals surface area contributed by atoms with Gasteiger partial charge >= 0.3 is 0 Å². The van der Waals surface area contributed by atoms with Gasteiger partial charge in [-0.05, 0) is 107 Å². The molecule has 0 spiro atoms. The first-order valence-corrected chi connectivity index (χ1v) is 19.3. The summed E-state index contributed by atoms with van der Waals surface area (Å²) in [4.78, 5) is 0. The molecule has 0 N–H and O–H groups in total. The zero-order valence-corrected chi connectivity index (χ0v) is 30.0. The van der Waals surface area contributed by atoms with Gasteiger partial charge in [0.2, 0.25) is 0 Å². The third-order valence-corrected chi connectivity index (χ3v) is 12.6. The molecule has 1 nitrogen and oxygen atoms in total. The van der Waals surface area contributed by atoms with Crippen molar-refractivity contribution in [2.24, 2.45) is 0 Å². The number of thiophene rings is 1. The van der Waals surface area contributed by atoms with E-state index in [-0.39, 0.29) is 0 Å². The number of fused-ring (bicyclic) bond motifs is 11. The lowest BCUT2D eigenvalue weighted by Gasteiger charge is -2.18. The van der Waals surface area contributed by atoms with E-state index in [0.29, 0.717) is 0 Å². The molecule has 54 heavy (non-hydrogen) atoms. The summed E-state index contributed by atoms with van der Waals surface area (Å²) < 4.78 is 8.91. The molecule has 0 atom stereocenters. The van der Waals surface area contributed by atoms with Crippen LogP contribution in [0.25, 0.3) is 119 Å². The quantitative estimate of drug-likeness (QED) is 0.167. The summed E-state index contributed by atoms with van der Waals surface area (Å²) in [6.45, 7) is 0. The third kappa shape index (κ3) is 4.32. The molecule has 250 valence electrons. The number of rotatable bonds is 3. The van der Waals surface area contributed by atoms with Gasteiger partial charge < -0.3 is 4.42 Å². The first-order chi connectivity index (χ1) is 26.8. The highest BCUT2D eigenvalue weighted by Crippen LogP contribution is 2.47. The Kier molecular flexibility index (Phi) is 6.28. The fourth-order valence-electron chi connectivity index (χ4n) is 9.01. The summed E-state index contributed by atoms with van der Waals surface area (Å²) in [6.07, 6.45) is 0. The van der Waals surface area contributed by atoms with E-state index in [9.17, 15) is 0 Å². The highest BCUT2D eigenvalue weighted by atomic mass is 32.1. The molecule has 0 aliphatic heterocycles. The third-order valence-electron chi connectivity index (χ3n) is 11.4. The van der Waals surface area contributed by atoms with Gasteiger partial charge in [-0.25, -0.2) is 0 Å². The summed E-state index contributed by atoms with van der Waals surface area (Å²) in [6, 6.07) is 66.8. The van der Waals surface area contributed by atoms with Gasteiger partial charge in [0.15, 0.2) is 0 Å². The van der Waals surface area contributed by atoms with E-state index in [1.54, 1.807) is 0 Å². The molecule has 10 aromatic carbocycles. The second-order valence-corrected chi connectivity index (χ2v) is 15.4. The van der Waals surface area contributed by atoms with E-state index in [1.165, 1.54) is 102 Å². The predicted molar refractivity (Wildman–Crippen MR) is 233 cm³/mol. The zero-order valence-electron chi connectivity index (χ0n) is 29.1. The summed E-state index contributed by atoms with van der Waals surface area (Å²) in [7, 11) is 0. The fraction of sp³-hybridized carbons (Fsp3) is 0. The topological polar surface area (TPSA) is 13.1 Å². The van der Waals surface area contributed by atoms with Gasteiger partial charge in [-0.3, -0.25) is 0 Å². The van der Waals surface area contributed by atoms with Crippen LogP contribution in [-0.4, -0.2) is 0 Å². The van der Waals surface area contributed by atoms with Crippen molar-refractivity contribution < 1.29 is 4.42 Å². The van der Waals surface area contributed by atoms with Crippen LogP contribution in [0.1, 0.15) is 0 Å². The Bertz CT molecular complexity index is 3450. The molecule has 12 rings (SSSR count). The van der Waals surface area contributed by atoms with Crippen LogP contribution in [0.4, 0.5) is 0 Å². The van der Waals surface area contributed by atoms with Crippen molar-refractivity contribution >= 4 is 96.5 Å². The number of benzene rings is 10. The van der Waals surface area contributed by atoms with Crippen LogP contribution in [0, 0.1) is 0 Å². The molecule has 0 bridgehead atoms. The van der Waals surface area contributed by atoms with Crippen molar-refractivity contribution in [1.29, 1.82) is 0 Å². The van der Waals surface area contributed by atoms with Gasteiger partial charge in [0.1, 0.15) is 11.2 Å². The van der Waals surface area contributed by atoms with Crippen LogP contribution in [0.3, 0.4) is 0 Å². The Morgan fingerprint density at radius 2 is 0.833 bits per heavy atom. The van der Waals surface area contributed by atoms with Gasteiger partial charge in [0, 0.05) is 30.9 Å².